The number of ether oxygens (including phenoxy) is 1. The Hall–Kier alpha value is -3.32. The van der Waals surface area contributed by atoms with Crippen molar-refractivity contribution in [2.75, 3.05) is 0 Å². The Morgan fingerprint density at radius 2 is 1.74 bits per heavy atom. The number of alkyl carbamates (subject to hydrolysis) is 1. The van der Waals surface area contributed by atoms with Crippen LogP contribution in [0.2, 0.25) is 0 Å². The van der Waals surface area contributed by atoms with Crippen molar-refractivity contribution in [2.45, 2.75) is 77.7 Å². The van der Waals surface area contributed by atoms with Gasteiger partial charge in [0, 0.05) is 38.7 Å². The van der Waals surface area contributed by atoms with Gasteiger partial charge in [0.25, 0.3) is 0 Å². The largest absolute Gasteiger partial charge is 0.445 e. The molecule has 202 valence electrons. The highest BCUT2D eigenvalue weighted by atomic mass is 32.2. The molecule has 6 nitrogen and oxygen atoms in total. The van der Waals surface area contributed by atoms with Crippen molar-refractivity contribution in [3.05, 3.63) is 82.2 Å². The van der Waals surface area contributed by atoms with E-state index in [1.54, 1.807) is 17.8 Å². The van der Waals surface area contributed by atoms with Crippen LogP contribution in [0.5, 0.6) is 0 Å². The van der Waals surface area contributed by atoms with E-state index in [9.17, 15) is 9.59 Å². The Kier molecular flexibility index (Phi) is 9.60. The predicted molar refractivity (Wildman–Crippen MR) is 155 cm³/mol. The molecule has 0 radical (unpaired) electrons. The van der Waals surface area contributed by atoms with Crippen LogP contribution in [0.3, 0.4) is 0 Å². The maximum Gasteiger partial charge on any atom is 0.407 e. The van der Waals surface area contributed by atoms with E-state index in [4.69, 9.17) is 15.5 Å². The first kappa shape index (κ1) is 29.2. The third-order valence-corrected chi connectivity index (χ3v) is 6.98. The van der Waals surface area contributed by atoms with Crippen molar-refractivity contribution < 1.29 is 14.3 Å². The first-order chi connectivity index (χ1) is 17.8. The van der Waals surface area contributed by atoms with Gasteiger partial charge in [-0.15, -0.1) is 11.8 Å². The maximum atomic E-state index is 12.6. The highest BCUT2D eigenvalue weighted by Gasteiger charge is 2.22. The van der Waals surface area contributed by atoms with Crippen molar-refractivity contribution in [1.29, 1.82) is 0 Å². The molecule has 0 bridgehead atoms. The molecule has 2 aromatic carbocycles. The number of carbonyl (C=O) groups excluding carboxylic acids is 2. The van der Waals surface area contributed by atoms with Crippen LogP contribution in [0.15, 0.2) is 53.4 Å². The average Bonchev–Trinajstić information content (AvgIpc) is 2.81. The highest BCUT2D eigenvalue weighted by molar-refractivity contribution is 7.98. The summed E-state index contributed by atoms with van der Waals surface area (Å²) in [5, 5.41) is 2.88. The number of benzene rings is 2. The molecule has 7 heteroatoms. The zero-order valence-electron chi connectivity index (χ0n) is 23.5. The van der Waals surface area contributed by atoms with Crippen molar-refractivity contribution in [1.82, 2.24) is 10.3 Å². The van der Waals surface area contributed by atoms with E-state index in [0.717, 1.165) is 45.0 Å². The Labute approximate surface area is 230 Å². The quantitative estimate of drug-likeness (QED) is 0.289. The van der Waals surface area contributed by atoms with Crippen LogP contribution in [-0.4, -0.2) is 22.5 Å². The summed E-state index contributed by atoms with van der Waals surface area (Å²) in [4.78, 5) is 30.3. The number of thioether (sulfide) groups is 1. The predicted octanol–water partition coefficient (Wildman–Crippen LogP) is 6.98. The minimum absolute atomic E-state index is 0.120. The normalized spacial score (nSPS) is 11.5. The first-order valence-electron chi connectivity index (χ1n) is 12.9. The molecule has 0 aliphatic rings. The molecular formula is C31H39N3O3S. The summed E-state index contributed by atoms with van der Waals surface area (Å²) in [6.07, 6.45) is 0.315. The molecule has 0 atom stereocenters. The fourth-order valence-electron chi connectivity index (χ4n) is 4.18. The van der Waals surface area contributed by atoms with Crippen molar-refractivity contribution in [3.63, 3.8) is 0 Å². The summed E-state index contributed by atoms with van der Waals surface area (Å²) >= 11 is 1.62. The lowest BCUT2D eigenvalue weighted by Crippen LogP contribution is -2.40. The van der Waals surface area contributed by atoms with Crippen molar-refractivity contribution in [2.24, 2.45) is 11.7 Å². The van der Waals surface area contributed by atoms with Gasteiger partial charge in [-0.3, -0.25) is 9.78 Å². The summed E-state index contributed by atoms with van der Waals surface area (Å²) in [6.45, 7) is 14.3. The molecule has 0 fully saturated rings. The minimum Gasteiger partial charge on any atom is -0.445 e. The van der Waals surface area contributed by atoms with Gasteiger partial charge in [0.1, 0.15) is 6.61 Å². The van der Waals surface area contributed by atoms with Crippen LogP contribution >= 0.6 is 11.8 Å². The summed E-state index contributed by atoms with van der Waals surface area (Å²) in [7, 11) is 0. The number of aryl methyl sites for hydroxylation is 2. The van der Waals surface area contributed by atoms with Crippen LogP contribution in [0, 0.1) is 19.8 Å². The smallest absolute Gasteiger partial charge is 0.407 e. The Balaban J connectivity index is 2.10. The van der Waals surface area contributed by atoms with Crippen LogP contribution in [0.4, 0.5) is 4.79 Å². The van der Waals surface area contributed by atoms with Gasteiger partial charge in [-0.1, -0.05) is 49.7 Å². The standard InChI is InChI=1S/C31H39N3O3S/c1-19(2)15-27-25(17-37-30(36)34-31(5,6)7)28(22-13-11-20(3)12-14-22)26(21(4)33-27)18-38-24-10-8-9-23(16-24)29(32)35/h8-14,16,19H,15,17-18H2,1-7H3,(H2,32,35)(H,34,36). The highest BCUT2D eigenvalue weighted by Crippen LogP contribution is 2.37. The fraction of sp³-hybridized carbons (Fsp3) is 0.387. The Morgan fingerprint density at radius 1 is 1.05 bits per heavy atom. The zero-order chi connectivity index (χ0) is 28.0. The number of pyridine rings is 1. The van der Waals surface area contributed by atoms with E-state index in [-0.39, 0.29) is 6.61 Å². The van der Waals surface area contributed by atoms with Crippen molar-refractivity contribution in [3.8, 4) is 11.1 Å². The number of rotatable bonds is 9. The third kappa shape index (κ3) is 8.09. The Bertz CT molecular complexity index is 1290. The number of aromatic nitrogens is 1. The molecule has 0 saturated heterocycles. The molecule has 1 aromatic heterocycles. The number of hydrogen-bond donors (Lipinski definition) is 2. The van der Waals surface area contributed by atoms with Gasteiger partial charge in [-0.05, 0) is 81.8 Å². The average molecular weight is 534 g/mol. The third-order valence-electron chi connectivity index (χ3n) is 5.96. The lowest BCUT2D eigenvalue weighted by atomic mass is 9.90. The zero-order valence-corrected chi connectivity index (χ0v) is 24.3. The van der Waals surface area contributed by atoms with Gasteiger partial charge in [0.15, 0.2) is 0 Å². The Morgan fingerprint density at radius 3 is 2.34 bits per heavy atom. The summed E-state index contributed by atoms with van der Waals surface area (Å²) < 4.78 is 5.76. The summed E-state index contributed by atoms with van der Waals surface area (Å²) in [5.74, 6) is 0.566. The van der Waals surface area contributed by atoms with Gasteiger partial charge >= 0.3 is 6.09 Å². The summed E-state index contributed by atoms with van der Waals surface area (Å²) in [6, 6.07) is 15.8. The number of nitrogens with zero attached hydrogens (tertiary/aromatic N) is 1. The number of primary amides is 1. The number of carbonyl (C=O) groups is 2. The second-order valence-corrected chi connectivity index (χ2v) is 12.1. The van der Waals surface area contributed by atoms with E-state index in [2.05, 4.69) is 50.4 Å². The van der Waals surface area contributed by atoms with Crippen LogP contribution < -0.4 is 11.1 Å². The minimum atomic E-state index is -0.456. The van der Waals surface area contributed by atoms with Gasteiger partial charge in [0.05, 0.1) is 0 Å². The SMILES string of the molecule is Cc1ccc(-c2c(CSc3cccc(C(N)=O)c3)c(C)nc(CC(C)C)c2COC(=O)NC(C)(C)C)cc1. The molecule has 0 aliphatic carbocycles. The molecular weight excluding hydrogens is 494 g/mol. The molecule has 0 saturated carbocycles. The number of hydrogen-bond acceptors (Lipinski definition) is 5. The maximum absolute atomic E-state index is 12.6. The molecule has 2 amide bonds. The first-order valence-corrected chi connectivity index (χ1v) is 13.9. The number of nitrogens with one attached hydrogen (secondary N) is 1. The van der Waals surface area contributed by atoms with Crippen molar-refractivity contribution >= 4 is 23.8 Å². The molecule has 0 aliphatic heterocycles. The van der Waals surface area contributed by atoms with Gasteiger partial charge in [0.2, 0.25) is 5.91 Å². The van der Waals surface area contributed by atoms with Crippen LogP contribution in [0.25, 0.3) is 11.1 Å². The van der Waals surface area contributed by atoms with E-state index < -0.39 is 17.5 Å². The topological polar surface area (TPSA) is 94.3 Å². The van der Waals surface area contributed by atoms with E-state index in [1.807, 2.05) is 45.9 Å². The van der Waals surface area contributed by atoms with Crippen LogP contribution in [0.1, 0.15) is 73.1 Å². The molecule has 3 N–H and O–H groups in total. The number of nitrogens with two attached hydrogens (primary N) is 1. The molecule has 1 heterocycles. The molecule has 38 heavy (non-hydrogen) atoms. The fourth-order valence-corrected chi connectivity index (χ4v) is 5.23. The number of amides is 2. The van der Waals surface area contributed by atoms with E-state index >= 15 is 0 Å². The molecule has 3 aromatic rings. The van der Waals surface area contributed by atoms with E-state index in [1.165, 1.54) is 5.56 Å². The van der Waals surface area contributed by atoms with E-state index in [0.29, 0.717) is 17.2 Å². The monoisotopic (exact) mass is 533 g/mol. The lowest BCUT2D eigenvalue weighted by molar-refractivity contribution is 0.1000. The van der Waals surface area contributed by atoms with Crippen LogP contribution in [-0.2, 0) is 23.5 Å². The second kappa shape index (κ2) is 12.5. The van der Waals surface area contributed by atoms with Gasteiger partial charge in [-0.25, -0.2) is 4.79 Å². The molecule has 0 unspecified atom stereocenters. The molecule has 3 rings (SSSR count). The van der Waals surface area contributed by atoms with Gasteiger partial charge < -0.3 is 15.8 Å². The molecule has 0 spiro atoms. The lowest BCUT2D eigenvalue weighted by Gasteiger charge is -2.23. The summed E-state index contributed by atoms with van der Waals surface area (Å²) in [5.41, 5.74) is 12.7. The van der Waals surface area contributed by atoms with Gasteiger partial charge in [-0.2, -0.15) is 0 Å². The second-order valence-electron chi connectivity index (χ2n) is 11.1.